The minimum atomic E-state index is -0.371. The van der Waals surface area contributed by atoms with Gasteiger partial charge in [-0.05, 0) is 20.5 Å². The molecule has 3 N–H and O–H groups in total. The van der Waals surface area contributed by atoms with Gasteiger partial charge >= 0.3 is 11.6 Å². The largest absolute Gasteiger partial charge is 1.00 e. The van der Waals surface area contributed by atoms with Crippen molar-refractivity contribution in [3.8, 4) is 0 Å². The Hall–Kier alpha value is -1.80. The highest BCUT2D eigenvalue weighted by Gasteiger charge is 2.22. The lowest BCUT2D eigenvalue weighted by Gasteiger charge is -2.08. The number of aromatic nitrogens is 4. The Morgan fingerprint density at radius 2 is 1.86 bits per heavy atom. The number of imidazole rings is 1. The lowest BCUT2D eigenvalue weighted by molar-refractivity contribution is -0.657. The third-order valence-corrected chi connectivity index (χ3v) is 3.44. The Balaban J connectivity index is 0.00000220. The number of H-pyrrole nitrogens is 1. The third kappa shape index (κ3) is 2.96. The monoisotopic (exact) mass is 316 g/mol. The predicted octanol–water partition coefficient (Wildman–Crippen LogP) is -4.61. The van der Waals surface area contributed by atoms with E-state index in [1.165, 1.54) is 11.6 Å². The summed E-state index contributed by atoms with van der Waals surface area (Å²) in [7, 11) is 7.07. The molecule has 0 bridgehead atoms. The van der Waals surface area contributed by atoms with Crippen molar-refractivity contribution in [2.75, 3.05) is 26.4 Å². The van der Waals surface area contributed by atoms with E-state index in [1.807, 2.05) is 14.1 Å². The van der Waals surface area contributed by atoms with Gasteiger partial charge in [-0.3, -0.25) is 19.7 Å². The Morgan fingerprint density at radius 1 is 1.24 bits per heavy atom. The van der Waals surface area contributed by atoms with Crippen LogP contribution < -0.4 is 34.0 Å². The fourth-order valence-corrected chi connectivity index (χ4v) is 2.30. The Kier molecular flexibility index (Phi) is 5.19. The quantitative estimate of drug-likeness (QED) is 0.555. The van der Waals surface area contributed by atoms with Crippen LogP contribution in [0.25, 0.3) is 11.2 Å². The third-order valence-electron chi connectivity index (χ3n) is 3.44. The van der Waals surface area contributed by atoms with Crippen LogP contribution in [0.5, 0.6) is 0 Å². The molecule has 2 aromatic heterocycles. The molecule has 0 aliphatic rings. The average Bonchev–Trinajstić information content (AvgIpc) is 2.71. The number of fused-ring (bicyclic) bond motifs is 1. The van der Waals surface area contributed by atoms with Crippen LogP contribution in [-0.4, -0.2) is 39.7 Å². The maximum atomic E-state index is 12.3. The van der Waals surface area contributed by atoms with Gasteiger partial charge in [0.05, 0.1) is 6.54 Å². The summed E-state index contributed by atoms with van der Waals surface area (Å²) in [6.45, 7) is 1.52. The lowest BCUT2D eigenvalue weighted by Crippen LogP contribution is -3.00. The van der Waals surface area contributed by atoms with Crippen LogP contribution >= 0.6 is 0 Å². The number of nitrogens with zero attached hydrogens (tertiary/aromatic N) is 4. The van der Waals surface area contributed by atoms with Crippen molar-refractivity contribution in [3.63, 3.8) is 0 Å². The molecule has 0 amide bonds. The second-order valence-corrected chi connectivity index (χ2v) is 5.22. The van der Waals surface area contributed by atoms with Crippen LogP contribution in [0.1, 0.15) is 6.42 Å². The molecule has 0 spiro atoms. The van der Waals surface area contributed by atoms with Gasteiger partial charge in [0.15, 0.2) is 0 Å². The van der Waals surface area contributed by atoms with E-state index in [-0.39, 0.29) is 23.7 Å². The maximum absolute atomic E-state index is 12.3. The van der Waals surface area contributed by atoms with Crippen LogP contribution in [0, 0.1) is 0 Å². The zero-order chi connectivity index (χ0) is 15.0. The predicted molar refractivity (Wildman–Crippen MR) is 76.6 cm³/mol. The molecule has 21 heavy (non-hydrogen) atoms. The van der Waals surface area contributed by atoms with Gasteiger partial charge in [0.1, 0.15) is 0 Å². The van der Waals surface area contributed by atoms with Gasteiger partial charge in [0, 0.05) is 20.6 Å². The summed E-state index contributed by atoms with van der Waals surface area (Å²) in [6, 6.07) is 0. The fourth-order valence-electron chi connectivity index (χ4n) is 2.30. The van der Waals surface area contributed by atoms with Gasteiger partial charge in [0.25, 0.3) is 5.56 Å². The Morgan fingerprint density at radius 3 is 2.43 bits per heavy atom. The number of hydrogen-bond donors (Lipinski definition) is 2. The minimum absolute atomic E-state index is 0. The number of halogens is 1. The van der Waals surface area contributed by atoms with Crippen molar-refractivity contribution in [2.24, 2.45) is 14.1 Å². The van der Waals surface area contributed by atoms with E-state index >= 15 is 0 Å². The molecule has 0 fully saturated rings. The number of rotatable bonds is 4. The van der Waals surface area contributed by atoms with Crippen LogP contribution in [0.2, 0.25) is 0 Å². The number of nitrogens with one attached hydrogen (secondary N) is 1. The van der Waals surface area contributed by atoms with Crippen LogP contribution in [-0.2, 0) is 20.6 Å². The topological polar surface area (TPSA) is 92.9 Å². The van der Waals surface area contributed by atoms with Crippen LogP contribution in [0.15, 0.2) is 9.59 Å². The van der Waals surface area contributed by atoms with E-state index in [0.717, 1.165) is 17.5 Å². The zero-order valence-corrected chi connectivity index (χ0v) is 13.4. The SMILES string of the molecule is CN(C)CCC[n+]1c(N)[nH]c2c1c(=O)n(C)c(=O)n2C.[Cl-]. The summed E-state index contributed by atoms with van der Waals surface area (Å²) in [6.07, 6.45) is 0.862. The van der Waals surface area contributed by atoms with Crippen LogP contribution in [0.4, 0.5) is 5.95 Å². The van der Waals surface area contributed by atoms with Gasteiger partial charge < -0.3 is 17.3 Å². The highest BCUT2D eigenvalue weighted by atomic mass is 35.5. The summed E-state index contributed by atoms with van der Waals surface area (Å²) < 4.78 is 4.23. The molecule has 0 atom stereocenters. The highest BCUT2D eigenvalue weighted by molar-refractivity contribution is 5.67. The van der Waals surface area contributed by atoms with Crippen molar-refractivity contribution in [1.29, 1.82) is 0 Å². The van der Waals surface area contributed by atoms with Crippen molar-refractivity contribution in [1.82, 2.24) is 19.0 Å². The molecule has 0 aliphatic heterocycles. The molecular formula is C12H21ClN6O2. The van der Waals surface area contributed by atoms with Crippen molar-refractivity contribution in [3.05, 3.63) is 20.8 Å². The van der Waals surface area contributed by atoms with E-state index in [9.17, 15) is 9.59 Å². The molecule has 9 heteroatoms. The minimum Gasteiger partial charge on any atom is -1.00 e. The highest BCUT2D eigenvalue weighted by Crippen LogP contribution is 2.04. The van der Waals surface area contributed by atoms with Crippen molar-refractivity contribution >= 4 is 17.1 Å². The molecule has 0 radical (unpaired) electrons. The molecule has 0 aromatic carbocycles. The Bertz CT molecular complexity index is 758. The molecular weight excluding hydrogens is 296 g/mol. The molecule has 0 saturated carbocycles. The smallest absolute Gasteiger partial charge is 0.355 e. The molecule has 2 aromatic rings. The first kappa shape index (κ1) is 17.3. The van der Waals surface area contributed by atoms with Gasteiger partial charge in [-0.2, -0.15) is 0 Å². The number of anilines is 1. The number of nitrogens with two attached hydrogens (primary N) is 1. The number of aromatic amines is 1. The average molecular weight is 317 g/mol. The first-order valence-corrected chi connectivity index (χ1v) is 6.46. The van der Waals surface area contributed by atoms with Crippen molar-refractivity contribution < 1.29 is 17.0 Å². The van der Waals surface area contributed by atoms with Gasteiger partial charge in [0.2, 0.25) is 11.2 Å². The standard InChI is InChI=1S/C12H20N6O2.ClH/c1-15(2)6-5-7-18-8-9(14-11(18)13)16(3)12(20)17(4)10(8)19;/h5-7H2,1-4H3,(H2,13,14,19);1H. The van der Waals surface area contributed by atoms with E-state index in [2.05, 4.69) is 9.88 Å². The first-order chi connectivity index (χ1) is 9.34. The summed E-state index contributed by atoms with van der Waals surface area (Å²) in [5.74, 6) is 0.386. The molecule has 8 nitrogen and oxygen atoms in total. The number of nitrogen functional groups attached to an aromatic ring is 1. The molecule has 2 rings (SSSR count). The summed E-state index contributed by atoms with van der Waals surface area (Å²) in [5.41, 5.74) is 6.13. The maximum Gasteiger partial charge on any atom is 0.355 e. The number of aryl methyl sites for hydroxylation is 2. The molecule has 118 valence electrons. The summed E-state index contributed by atoms with van der Waals surface area (Å²) in [5, 5.41) is 0. The van der Waals surface area contributed by atoms with Gasteiger partial charge in [-0.1, -0.05) is 0 Å². The van der Waals surface area contributed by atoms with E-state index < -0.39 is 0 Å². The molecule has 2 heterocycles. The summed E-state index contributed by atoms with van der Waals surface area (Å²) >= 11 is 0. The number of hydrogen-bond acceptors (Lipinski definition) is 4. The second kappa shape index (κ2) is 6.31. The molecule has 0 saturated heterocycles. The molecule has 0 unspecified atom stereocenters. The van der Waals surface area contributed by atoms with E-state index in [0.29, 0.717) is 23.7 Å². The lowest BCUT2D eigenvalue weighted by atomic mass is 10.4. The van der Waals surface area contributed by atoms with E-state index in [4.69, 9.17) is 5.73 Å². The van der Waals surface area contributed by atoms with E-state index in [1.54, 1.807) is 11.6 Å². The van der Waals surface area contributed by atoms with Crippen molar-refractivity contribution in [2.45, 2.75) is 13.0 Å². The second-order valence-electron chi connectivity index (χ2n) is 5.22. The van der Waals surface area contributed by atoms with Crippen LogP contribution in [0.3, 0.4) is 0 Å². The van der Waals surface area contributed by atoms with Gasteiger partial charge in [-0.25, -0.2) is 14.3 Å². The zero-order valence-electron chi connectivity index (χ0n) is 12.7. The first-order valence-electron chi connectivity index (χ1n) is 6.46. The summed E-state index contributed by atoms with van der Waals surface area (Å²) in [4.78, 5) is 29.1. The van der Waals surface area contributed by atoms with Gasteiger partial charge in [-0.15, -0.1) is 0 Å². The molecule has 0 aliphatic carbocycles. The normalized spacial score (nSPS) is 11.1. The fraction of sp³-hybridized carbons (Fsp3) is 0.583. The Labute approximate surface area is 128 Å².